The van der Waals surface area contributed by atoms with Gasteiger partial charge in [-0.1, -0.05) is 48.2 Å². The van der Waals surface area contributed by atoms with Crippen LogP contribution >= 0.6 is 11.8 Å². The molecule has 0 unspecified atom stereocenters. The Hall–Kier alpha value is -2.01. The number of benzene rings is 1. The molecule has 19 heavy (non-hydrogen) atoms. The van der Waals surface area contributed by atoms with Gasteiger partial charge in [-0.3, -0.25) is 4.79 Å². The van der Waals surface area contributed by atoms with Gasteiger partial charge >= 0.3 is 0 Å². The van der Waals surface area contributed by atoms with E-state index in [4.69, 9.17) is 0 Å². The van der Waals surface area contributed by atoms with Crippen molar-refractivity contribution in [2.45, 2.75) is 11.6 Å². The molecule has 0 aliphatic carbocycles. The zero-order valence-corrected chi connectivity index (χ0v) is 11.1. The molecule has 1 aromatic heterocycles. The molecule has 0 saturated heterocycles. The average molecular weight is 274 g/mol. The Morgan fingerprint density at radius 1 is 1.37 bits per heavy atom. The summed E-state index contributed by atoms with van der Waals surface area (Å²) in [5.41, 5.74) is 0.939. The van der Waals surface area contributed by atoms with E-state index in [0.717, 1.165) is 5.56 Å². The van der Waals surface area contributed by atoms with Crippen molar-refractivity contribution in [1.82, 2.24) is 9.97 Å². The largest absolute Gasteiger partial charge is 0.493 e. The summed E-state index contributed by atoms with van der Waals surface area (Å²) in [7, 11) is 0. The lowest BCUT2D eigenvalue weighted by Crippen LogP contribution is -2.15. The number of aromatic nitrogens is 2. The predicted molar refractivity (Wildman–Crippen MR) is 76.7 cm³/mol. The Morgan fingerprint density at radius 2 is 2.11 bits per heavy atom. The van der Waals surface area contributed by atoms with Crippen molar-refractivity contribution in [3.8, 4) is 5.88 Å². The molecule has 0 aliphatic heterocycles. The fourth-order valence-corrected chi connectivity index (χ4v) is 2.22. The summed E-state index contributed by atoms with van der Waals surface area (Å²) in [5, 5.41) is 10.3. The van der Waals surface area contributed by atoms with Crippen LogP contribution in [0.3, 0.4) is 0 Å². The normalized spacial score (nSPS) is 10.3. The minimum atomic E-state index is -0.303. The summed E-state index contributed by atoms with van der Waals surface area (Å²) < 4.78 is 0. The topological polar surface area (TPSA) is 66.0 Å². The smallest absolute Gasteiger partial charge is 0.258 e. The number of aromatic amines is 1. The van der Waals surface area contributed by atoms with Crippen LogP contribution in [0.25, 0.3) is 0 Å². The van der Waals surface area contributed by atoms with E-state index in [0.29, 0.717) is 17.3 Å². The van der Waals surface area contributed by atoms with Gasteiger partial charge in [0.25, 0.3) is 5.56 Å². The van der Waals surface area contributed by atoms with Crippen molar-refractivity contribution in [1.29, 1.82) is 0 Å². The van der Waals surface area contributed by atoms with Crippen molar-refractivity contribution >= 4 is 11.8 Å². The highest BCUT2D eigenvalue weighted by Crippen LogP contribution is 2.18. The van der Waals surface area contributed by atoms with Crippen LogP contribution in [0.2, 0.25) is 0 Å². The lowest BCUT2D eigenvalue weighted by Gasteiger charge is -2.05. The molecule has 0 spiro atoms. The van der Waals surface area contributed by atoms with Gasteiger partial charge in [-0.25, -0.2) is 0 Å². The molecule has 0 saturated carbocycles. The van der Waals surface area contributed by atoms with Crippen molar-refractivity contribution < 1.29 is 5.11 Å². The second-order valence-electron chi connectivity index (χ2n) is 3.94. The predicted octanol–water partition coefficient (Wildman–Crippen LogP) is 2.34. The van der Waals surface area contributed by atoms with Crippen LogP contribution in [-0.4, -0.2) is 20.8 Å². The Kier molecular flexibility index (Phi) is 4.41. The Balaban J connectivity index is 2.27. The van der Waals surface area contributed by atoms with Gasteiger partial charge in [0.05, 0.1) is 5.56 Å². The van der Waals surface area contributed by atoms with Crippen molar-refractivity contribution in [2.24, 2.45) is 0 Å². The van der Waals surface area contributed by atoms with E-state index >= 15 is 0 Å². The van der Waals surface area contributed by atoms with Crippen LogP contribution in [0.5, 0.6) is 5.88 Å². The molecule has 2 N–H and O–H groups in total. The number of H-pyrrole nitrogens is 1. The average Bonchev–Trinajstić information content (AvgIpc) is 2.42. The van der Waals surface area contributed by atoms with Gasteiger partial charge in [0.1, 0.15) is 0 Å². The van der Waals surface area contributed by atoms with E-state index in [2.05, 4.69) is 16.5 Å². The lowest BCUT2D eigenvalue weighted by molar-refractivity contribution is 0.437. The number of aromatic hydroxyl groups is 1. The SMILES string of the molecule is C=CCSc1nc(O)c(Cc2ccccc2)c(=O)[nH]1. The van der Waals surface area contributed by atoms with Gasteiger partial charge < -0.3 is 10.1 Å². The van der Waals surface area contributed by atoms with Crippen LogP contribution in [0.4, 0.5) is 0 Å². The molecule has 0 atom stereocenters. The maximum absolute atomic E-state index is 11.9. The molecular weight excluding hydrogens is 260 g/mol. The summed E-state index contributed by atoms with van der Waals surface area (Å²) in [6.45, 7) is 3.59. The second-order valence-corrected chi connectivity index (χ2v) is 4.94. The standard InChI is InChI=1S/C14H14N2O2S/c1-2-8-19-14-15-12(17)11(13(18)16-14)9-10-6-4-3-5-7-10/h2-7H,1,8-9H2,(H2,15,16,17,18). The van der Waals surface area contributed by atoms with E-state index < -0.39 is 0 Å². The molecule has 4 nitrogen and oxygen atoms in total. The molecule has 0 aliphatic rings. The highest BCUT2D eigenvalue weighted by molar-refractivity contribution is 7.99. The molecular formula is C14H14N2O2S. The van der Waals surface area contributed by atoms with Crippen molar-refractivity contribution in [3.63, 3.8) is 0 Å². The Labute approximate surface area is 115 Å². The maximum atomic E-state index is 11.9. The quantitative estimate of drug-likeness (QED) is 0.499. The molecule has 2 aromatic rings. The van der Waals surface area contributed by atoms with Crippen molar-refractivity contribution in [3.05, 3.63) is 64.5 Å². The summed E-state index contributed by atoms with van der Waals surface area (Å²) >= 11 is 1.32. The zero-order valence-electron chi connectivity index (χ0n) is 10.3. The summed E-state index contributed by atoms with van der Waals surface area (Å²) in [6.07, 6.45) is 2.07. The number of hydrogen-bond donors (Lipinski definition) is 2. The molecule has 0 bridgehead atoms. The minimum absolute atomic E-state index is 0.209. The van der Waals surface area contributed by atoms with Crippen LogP contribution in [0.1, 0.15) is 11.1 Å². The molecule has 0 fully saturated rings. The fraction of sp³-hybridized carbons (Fsp3) is 0.143. The second kappa shape index (κ2) is 6.24. The summed E-state index contributed by atoms with van der Waals surface area (Å²) in [4.78, 5) is 18.6. The lowest BCUT2D eigenvalue weighted by atomic mass is 10.1. The van der Waals surface area contributed by atoms with Crippen LogP contribution in [0, 0.1) is 0 Å². The Bertz CT molecular complexity index is 623. The van der Waals surface area contributed by atoms with Crippen molar-refractivity contribution in [2.75, 3.05) is 5.75 Å². The first-order valence-corrected chi connectivity index (χ1v) is 6.79. The highest BCUT2D eigenvalue weighted by Gasteiger charge is 2.11. The molecule has 5 heteroatoms. The van der Waals surface area contributed by atoms with E-state index in [9.17, 15) is 9.90 Å². The van der Waals surface area contributed by atoms with Gasteiger partial charge in [0, 0.05) is 12.2 Å². The van der Waals surface area contributed by atoms with Crippen LogP contribution in [0.15, 0.2) is 52.9 Å². The Morgan fingerprint density at radius 3 is 2.74 bits per heavy atom. The third kappa shape index (κ3) is 3.48. The first-order chi connectivity index (χ1) is 9.20. The molecule has 2 rings (SSSR count). The van der Waals surface area contributed by atoms with Gasteiger partial charge in [0.2, 0.25) is 5.88 Å². The molecule has 1 aromatic carbocycles. The minimum Gasteiger partial charge on any atom is -0.493 e. The molecule has 98 valence electrons. The third-order valence-corrected chi connectivity index (χ3v) is 3.40. The molecule has 1 heterocycles. The number of nitrogens with zero attached hydrogens (tertiary/aromatic N) is 1. The summed E-state index contributed by atoms with van der Waals surface area (Å²) in [5.74, 6) is 0.416. The van der Waals surface area contributed by atoms with E-state index in [1.165, 1.54) is 11.8 Å². The number of rotatable bonds is 5. The van der Waals surface area contributed by atoms with Gasteiger partial charge in [-0.2, -0.15) is 4.98 Å². The first kappa shape index (κ1) is 13.4. The van der Waals surface area contributed by atoms with Gasteiger partial charge in [-0.05, 0) is 5.56 Å². The monoisotopic (exact) mass is 274 g/mol. The number of thioether (sulfide) groups is 1. The van der Waals surface area contributed by atoms with E-state index in [-0.39, 0.29) is 17.0 Å². The number of hydrogen-bond acceptors (Lipinski definition) is 4. The van der Waals surface area contributed by atoms with Gasteiger partial charge in [0.15, 0.2) is 5.16 Å². The number of nitrogens with one attached hydrogen (secondary N) is 1. The van der Waals surface area contributed by atoms with E-state index in [1.807, 2.05) is 30.3 Å². The summed E-state index contributed by atoms with van der Waals surface area (Å²) in [6, 6.07) is 9.49. The third-order valence-electron chi connectivity index (χ3n) is 2.53. The van der Waals surface area contributed by atoms with Crippen LogP contribution < -0.4 is 5.56 Å². The van der Waals surface area contributed by atoms with E-state index in [1.54, 1.807) is 6.08 Å². The molecule has 0 radical (unpaired) electrons. The molecule has 0 amide bonds. The first-order valence-electron chi connectivity index (χ1n) is 5.80. The van der Waals surface area contributed by atoms with Crippen LogP contribution in [-0.2, 0) is 6.42 Å². The maximum Gasteiger partial charge on any atom is 0.258 e. The van der Waals surface area contributed by atoms with Gasteiger partial charge in [-0.15, -0.1) is 6.58 Å². The fourth-order valence-electron chi connectivity index (χ4n) is 1.63. The zero-order chi connectivity index (χ0) is 13.7. The highest BCUT2D eigenvalue weighted by atomic mass is 32.2.